The number of rotatable bonds is 7. The summed E-state index contributed by atoms with van der Waals surface area (Å²) in [6.45, 7) is 3.88. The summed E-state index contributed by atoms with van der Waals surface area (Å²) in [5.41, 5.74) is 2.53. The summed E-state index contributed by atoms with van der Waals surface area (Å²) in [5.74, 6) is 0.712. The van der Waals surface area contributed by atoms with E-state index >= 15 is 0 Å². The molecule has 2 saturated heterocycles. The molecule has 158 valence electrons. The number of hydrogen-bond donors (Lipinski definition) is 2. The number of carbonyl (C=O) groups excluding carboxylic acids is 2. The number of nitrogens with zero attached hydrogens (tertiary/aromatic N) is 2. The van der Waals surface area contributed by atoms with Gasteiger partial charge in [-0.15, -0.1) is 0 Å². The van der Waals surface area contributed by atoms with Gasteiger partial charge in [0.2, 0.25) is 0 Å². The van der Waals surface area contributed by atoms with Crippen molar-refractivity contribution >= 4 is 17.6 Å². The predicted molar refractivity (Wildman–Crippen MR) is 116 cm³/mol. The summed E-state index contributed by atoms with van der Waals surface area (Å²) < 4.78 is 5.39. The molecule has 0 saturated carbocycles. The average molecular weight is 409 g/mol. The lowest BCUT2D eigenvalue weighted by Gasteiger charge is -2.28. The van der Waals surface area contributed by atoms with Gasteiger partial charge in [0.1, 0.15) is 5.75 Å². The first-order valence-corrected chi connectivity index (χ1v) is 10.5. The number of carbonyl (C=O) groups is 2. The minimum Gasteiger partial charge on any atom is -0.497 e. The largest absolute Gasteiger partial charge is 0.497 e. The van der Waals surface area contributed by atoms with E-state index in [4.69, 9.17) is 4.74 Å². The first-order valence-electron chi connectivity index (χ1n) is 10.5. The topological polar surface area (TPSA) is 73.9 Å². The van der Waals surface area contributed by atoms with E-state index in [-0.39, 0.29) is 18.0 Å². The summed E-state index contributed by atoms with van der Waals surface area (Å²) in [6.07, 6.45) is 2.36. The van der Waals surface area contributed by atoms with Crippen molar-refractivity contribution in [1.82, 2.24) is 15.5 Å². The van der Waals surface area contributed by atoms with E-state index in [1.807, 2.05) is 30.3 Å². The molecule has 2 aromatic rings. The number of hydrogen-bond acceptors (Lipinski definition) is 4. The van der Waals surface area contributed by atoms with E-state index in [9.17, 15) is 9.59 Å². The van der Waals surface area contributed by atoms with Crippen LogP contribution in [0.3, 0.4) is 0 Å². The van der Waals surface area contributed by atoms with Gasteiger partial charge in [-0.2, -0.15) is 0 Å². The van der Waals surface area contributed by atoms with Crippen LogP contribution in [-0.2, 0) is 0 Å². The molecular formula is C23H28N4O3. The number of amides is 3. The standard InChI is InChI=1S/C23H28N4O3/c1-30-20-6-4-5-18(15-20)21(26-12-2-3-13-26)16-25-22(28)17-7-9-19(10-8-17)27-14-11-24-23(27)29/h4-10,15,21H,2-3,11-14,16H2,1H3,(H,24,29)(H,25,28). The monoisotopic (exact) mass is 408 g/mol. The van der Waals surface area contributed by atoms with Crippen LogP contribution in [0.15, 0.2) is 48.5 Å². The van der Waals surface area contributed by atoms with Gasteiger partial charge in [0.25, 0.3) is 5.91 Å². The SMILES string of the molecule is COc1cccc(C(CNC(=O)c2ccc(N3CCNC3=O)cc2)N2CCCC2)c1. The smallest absolute Gasteiger partial charge is 0.321 e. The molecule has 30 heavy (non-hydrogen) atoms. The fourth-order valence-electron chi connectivity index (χ4n) is 4.16. The van der Waals surface area contributed by atoms with Crippen LogP contribution in [0.4, 0.5) is 10.5 Å². The molecule has 0 aliphatic carbocycles. The van der Waals surface area contributed by atoms with E-state index in [1.54, 1.807) is 24.1 Å². The van der Waals surface area contributed by atoms with Crippen LogP contribution in [-0.4, -0.2) is 56.7 Å². The second-order valence-electron chi connectivity index (χ2n) is 7.68. The molecule has 4 rings (SSSR count). The number of anilines is 1. The Morgan fingerprint density at radius 1 is 1.13 bits per heavy atom. The summed E-state index contributed by atoms with van der Waals surface area (Å²) in [7, 11) is 1.67. The highest BCUT2D eigenvalue weighted by Gasteiger charge is 2.25. The maximum absolute atomic E-state index is 12.8. The molecular weight excluding hydrogens is 380 g/mol. The second kappa shape index (κ2) is 9.17. The first kappa shape index (κ1) is 20.2. The van der Waals surface area contributed by atoms with Gasteiger partial charge in [-0.25, -0.2) is 4.79 Å². The van der Waals surface area contributed by atoms with E-state index in [1.165, 1.54) is 12.8 Å². The van der Waals surface area contributed by atoms with Crippen LogP contribution in [0.25, 0.3) is 0 Å². The summed E-state index contributed by atoms with van der Waals surface area (Å²) >= 11 is 0. The Balaban J connectivity index is 1.43. The molecule has 2 aliphatic rings. The van der Waals surface area contributed by atoms with Gasteiger partial charge in [0.15, 0.2) is 0 Å². The summed E-state index contributed by atoms with van der Waals surface area (Å²) in [4.78, 5) is 28.7. The van der Waals surface area contributed by atoms with Crippen LogP contribution in [0.2, 0.25) is 0 Å². The van der Waals surface area contributed by atoms with Crippen molar-refractivity contribution in [3.05, 3.63) is 59.7 Å². The zero-order valence-corrected chi connectivity index (χ0v) is 17.3. The summed E-state index contributed by atoms with van der Waals surface area (Å²) in [6, 6.07) is 15.3. The van der Waals surface area contributed by atoms with Gasteiger partial charge in [-0.05, 0) is 67.9 Å². The zero-order valence-electron chi connectivity index (χ0n) is 17.3. The Morgan fingerprint density at radius 2 is 1.90 bits per heavy atom. The fraction of sp³-hybridized carbons (Fsp3) is 0.391. The highest BCUT2D eigenvalue weighted by atomic mass is 16.5. The van der Waals surface area contributed by atoms with Crippen molar-refractivity contribution in [3.63, 3.8) is 0 Å². The Bertz CT molecular complexity index is 894. The lowest BCUT2D eigenvalue weighted by atomic mass is 10.0. The Hall–Kier alpha value is -3.06. The van der Waals surface area contributed by atoms with Crippen molar-refractivity contribution in [1.29, 1.82) is 0 Å². The van der Waals surface area contributed by atoms with Crippen LogP contribution >= 0.6 is 0 Å². The number of nitrogens with one attached hydrogen (secondary N) is 2. The Labute approximate surface area is 177 Å². The molecule has 0 aromatic heterocycles. The molecule has 2 heterocycles. The van der Waals surface area contributed by atoms with Gasteiger partial charge in [-0.3, -0.25) is 14.6 Å². The van der Waals surface area contributed by atoms with E-state index in [0.29, 0.717) is 25.2 Å². The lowest BCUT2D eigenvalue weighted by Crippen LogP contribution is -2.36. The van der Waals surface area contributed by atoms with Crippen LogP contribution in [0.5, 0.6) is 5.75 Å². The number of urea groups is 1. The van der Waals surface area contributed by atoms with Crippen LogP contribution in [0.1, 0.15) is 34.8 Å². The fourth-order valence-corrected chi connectivity index (χ4v) is 4.16. The molecule has 1 unspecified atom stereocenters. The van der Waals surface area contributed by atoms with Crippen molar-refractivity contribution in [2.24, 2.45) is 0 Å². The zero-order chi connectivity index (χ0) is 20.9. The van der Waals surface area contributed by atoms with Crippen molar-refractivity contribution in [2.75, 3.05) is 44.7 Å². The third-order valence-electron chi connectivity index (χ3n) is 5.81. The van der Waals surface area contributed by atoms with Crippen molar-refractivity contribution in [2.45, 2.75) is 18.9 Å². The first-order chi connectivity index (χ1) is 14.7. The highest BCUT2D eigenvalue weighted by Crippen LogP contribution is 2.27. The van der Waals surface area contributed by atoms with E-state index in [0.717, 1.165) is 30.1 Å². The van der Waals surface area contributed by atoms with Crippen LogP contribution < -0.4 is 20.3 Å². The number of benzene rings is 2. The van der Waals surface area contributed by atoms with Gasteiger partial charge in [0.05, 0.1) is 13.2 Å². The minimum absolute atomic E-state index is 0.0982. The number of ether oxygens (including phenoxy) is 1. The normalized spacial score (nSPS) is 17.6. The third-order valence-corrected chi connectivity index (χ3v) is 5.81. The molecule has 2 aromatic carbocycles. The quantitative estimate of drug-likeness (QED) is 0.739. The number of likely N-dealkylation sites (tertiary alicyclic amines) is 1. The van der Waals surface area contributed by atoms with Crippen LogP contribution in [0, 0.1) is 0 Å². The van der Waals surface area contributed by atoms with E-state index in [2.05, 4.69) is 21.6 Å². The van der Waals surface area contributed by atoms with E-state index < -0.39 is 0 Å². The average Bonchev–Trinajstić information content (AvgIpc) is 3.46. The lowest BCUT2D eigenvalue weighted by molar-refractivity contribution is 0.0938. The third kappa shape index (κ3) is 4.41. The summed E-state index contributed by atoms with van der Waals surface area (Å²) in [5, 5.41) is 5.88. The predicted octanol–water partition coefficient (Wildman–Crippen LogP) is 2.79. The number of methoxy groups -OCH3 is 1. The van der Waals surface area contributed by atoms with Crippen molar-refractivity contribution in [3.8, 4) is 5.75 Å². The van der Waals surface area contributed by atoms with Gasteiger partial charge in [0, 0.05) is 30.9 Å². The van der Waals surface area contributed by atoms with Gasteiger partial charge >= 0.3 is 6.03 Å². The molecule has 1 atom stereocenters. The van der Waals surface area contributed by atoms with Gasteiger partial charge in [-0.1, -0.05) is 12.1 Å². The Kier molecular flexibility index (Phi) is 6.18. The molecule has 2 fully saturated rings. The Morgan fingerprint density at radius 3 is 2.57 bits per heavy atom. The molecule has 3 amide bonds. The maximum Gasteiger partial charge on any atom is 0.321 e. The second-order valence-corrected chi connectivity index (χ2v) is 7.68. The molecule has 7 nitrogen and oxygen atoms in total. The molecule has 0 radical (unpaired) electrons. The maximum atomic E-state index is 12.8. The highest BCUT2D eigenvalue weighted by molar-refractivity contribution is 5.97. The molecule has 0 spiro atoms. The van der Waals surface area contributed by atoms with Gasteiger partial charge < -0.3 is 15.4 Å². The molecule has 2 aliphatic heterocycles. The molecule has 2 N–H and O–H groups in total. The van der Waals surface area contributed by atoms with Crippen molar-refractivity contribution < 1.29 is 14.3 Å². The molecule has 7 heteroatoms. The molecule has 0 bridgehead atoms. The minimum atomic E-state index is -0.112.